The fourth-order valence-electron chi connectivity index (χ4n) is 4.32. The van der Waals surface area contributed by atoms with Crippen LogP contribution in [-0.4, -0.2) is 36.1 Å². The number of pyridine rings is 1. The number of alkyl halides is 3. The van der Waals surface area contributed by atoms with Crippen molar-refractivity contribution in [3.8, 4) is 0 Å². The van der Waals surface area contributed by atoms with Crippen LogP contribution < -0.4 is 10.2 Å². The first-order valence-corrected chi connectivity index (χ1v) is 10.6. The molecule has 3 rings (SSSR count). The number of aromatic nitrogens is 1. The highest BCUT2D eigenvalue weighted by Gasteiger charge is 2.36. The Hall–Kier alpha value is -2.38. The van der Waals surface area contributed by atoms with Gasteiger partial charge in [0.25, 0.3) is 0 Å². The van der Waals surface area contributed by atoms with Gasteiger partial charge in [0, 0.05) is 38.5 Å². The second-order valence-corrected chi connectivity index (χ2v) is 8.11. The van der Waals surface area contributed by atoms with Gasteiger partial charge in [-0.15, -0.1) is 0 Å². The fraction of sp³-hybridized carbons (Fsp3) is 0.591. The van der Waals surface area contributed by atoms with Crippen LogP contribution in [0.15, 0.2) is 29.6 Å². The highest BCUT2D eigenvalue weighted by atomic mass is 19.4. The molecule has 0 bridgehead atoms. The van der Waals surface area contributed by atoms with E-state index in [1.807, 2.05) is 0 Å². The standard InChI is InChI=1S/C22H29F3N4O/c1-15(30)20(26)17-5-2-3-7-19(17)27-12-8-16-9-13-29(14-10-16)21-18(22(23,24)25)6-4-11-28-21/h4,6,11,16,26-27H,2-3,5,7-10,12-14H2,1H3. The van der Waals surface area contributed by atoms with E-state index in [9.17, 15) is 18.0 Å². The summed E-state index contributed by atoms with van der Waals surface area (Å²) in [5, 5.41) is 11.5. The van der Waals surface area contributed by atoms with Crippen LogP contribution in [0.25, 0.3) is 0 Å². The number of hydrogen-bond acceptors (Lipinski definition) is 5. The number of piperidine rings is 1. The van der Waals surface area contributed by atoms with Gasteiger partial charge in [0.05, 0.1) is 5.56 Å². The van der Waals surface area contributed by atoms with E-state index in [0.717, 1.165) is 68.8 Å². The number of carbonyl (C=O) groups is 1. The summed E-state index contributed by atoms with van der Waals surface area (Å²) < 4.78 is 39.7. The third-order valence-corrected chi connectivity index (χ3v) is 6.02. The maximum atomic E-state index is 13.2. The molecule has 2 N–H and O–H groups in total. The number of nitrogens with one attached hydrogen (secondary N) is 2. The van der Waals surface area contributed by atoms with Crippen molar-refractivity contribution in [3.05, 3.63) is 35.2 Å². The van der Waals surface area contributed by atoms with Gasteiger partial charge in [-0.1, -0.05) is 0 Å². The van der Waals surface area contributed by atoms with Gasteiger partial charge in [0.1, 0.15) is 11.5 Å². The monoisotopic (exact) mass is 422 g/mol. The van der Waals surface area contributed by atoms with Crippen molar-refractivity contribution in [2.24, 2.45) is 5.92 Å². The zero-order valence-electron chi connectivity index (χ0n) is 17.3. The Morgan fingerprint density at radius 3 is 2.63 bits per heavy atom. The normalized spacial score (nSPS) is 18.5. The van der Waals surface area contributed by atoms with Crippen molar-refractivity contribution in [1.29, 1.82) is 5.41 Å². The Morgan fingerprint density at radius 1 is 1.27 bits per heavy atom. The molecule has 1 aromatic rings. The number of halogens is 3. The largest absolute Gasteiger partial charge is 0.419 e. The van der Waals surface area contributed by atoms with Crippen molar-refractivity contribution >= 4 is 17.3 Å². The van der Waals surface area contributed by atoms with Crippen LogP contribution in [-0.2, 0) is 11.0 Å². The lowest BCUT2D eigenvalue weighted by atomic mass is 9.90. The van der Waals surface area contributed by atoms with Crippen LogP contribution in [0.4, 0.5) is 19.0 Å². The maximum absolute atomic E-state index is 13.2. The average Bonchev–Trinajstić information content (AvgIpc) is 2.73. The molecule has 0 amide bonds. The molecule has 8 heteroatoms. The molecule has 0 unspecified atom stereocenters. The summed E-state index contributed by atoms with van der Waals surface area (Å²) in [6, 6.07) is 2.41. The first-order chi connectivity index (χ1) is 14.3. The molecular weight excluding hydrogens is 393 g/mol. The predicted octanol–water partition coefficient (Wildman–Crippen LogP) is 4.73. The lowest BCUT2D eigenvalue weighted by Gasteiger charge is -2.34. The van der Waals surface area contributed by atoms with Crippen molar-refractivity contribution in [1.82, 2.24) is 10.3 Å². The highest BCUT2D eigenvalue weighted by Crippen LogP contribution is 2.36. The maximum Gasteiger partial charge on any atom is 0.419 e. The Labute approximate surface area is 175 Å². The van der Waals surface area contributed by atoms with Crippen molar-refractivity contribution < 1.29 is 18.0 Å². The lowest BCUT2D eigenvalue weighted by Crippen LogP contribution is -2.36. The topological polar surface area (TPSA) is 69.1 Å². The molecule has 0 aromatic carbocycles. The predicted molar refractivity (Wildman–Crippen MR) is 111 cm³/mol. The number of anilines is 1. The zero-order chi connectivity index (χ0) is 21.7. The van der Waals surface area contributed by atoms with Crippen molar-refractivity contribution in [2.75, 3.05) is 24.5 Å². The van der Waals surface area contributed by atoms with Crippen LogP contribution in [0, 0.1) is 11.3 Å². The smallest absolute Gasteiger partial charge is 0.388 e. The van der Waals surface area contributed by atoms with Gasteiger partial charge in [0.2, 0.25) is 0 Å². The van der Waals surface area contributed by atoms with Crippen molar-refractivity contribution in [2.45, 2.75) is 58.0 Å². The van der Waals surface area contributed by atoms with Gasteiger partial charge < -0.3 is 10.2 Å². The summed E-state index contributed by atoms with van der Waals surface area (Å²) in [4.78, 5) is 17.3. The average molecular weight is 422 g/mol. The molecule has 1 aliphatic heterocycles. The minimum atomic E-state index is -4.40. The molecule has 1 aromatic heterocycles. The minimum absolute atomic E-state index is 0.0290. The second-order valence-electron chi connectivity index (χ2n) is 8.11. The van der Waals surface area contributed by atoms with Crippen LogP contribution in [0.3, 0.4) is 0 Å². The fourth-order valence-corrected chi connectivity index (χ4v) is 4.32. The van der Waals surface area contributed by atoms with Gasteiger partial charge in [-0.3, -0.25) is 10.2 Å². The Morgan fingerprint density at radius 2 is 1.97 bits per heavy atom. The summed E-state index contributed by atoms with van der Waals surface area (Å²) in [5.74, 6) is 0.263. The van der Waals surface area contributed by atoms with E-state index in [1.165, 1.54) is 19.2 Å². The van der Waals surface area contributed by atoms with E-state index >= 15 is 0 Å². The first kappa shape index (κ1) is 22.3. The molecule has 1 aliphatic carbocycles. The number of hydrogen-bond donors (Lipinski definition) is 2. The van der Waals surface area contributed by atoms with E-state index in [4.69, 9.17) is 5.41 Å². The van der Waals surface area contributed by atoms with Crippen LogP contribution in [0.2, 0.25) is 0 Å². The highest BCUT2D eigenvalue weighted by molar-refractivity contribution is 6.44. The van der Waals surface area contributed by atoms with Gasteiger partial charge in [-0.2, -0.15) is 13.2 Å². The number of Topliss-reactive ketones (excluding diaryl/α,β-unsaturated/α-hetero) is 1. The van der Waals surface area contributed by atoms with Crippen LogP contribution >= 0.6 is 0 Å². The number of allylic oxidation sites excluding steroid dienone is 2. The Kier molecular flexibility index (Phi) is 7.15. The molecule has 5 nitrogen and oxygen atoms in total. The lowest BCUT2D eigenvalue weighted by molar-refractivity contribution is -0.137. The molecule has 0 atom stereocenters. The first-order valence-electron chi connectivity index (χ1n) is 10.6. The number of ketones is 1. The molecule has 0 spiro atoms. The van der Waals surface area contributed by atoms with E-state index in [1.54, 1.807) is 4.90 Å². The number of nitrogens with zero attached hydrogens (tertiary/aromatic N) is 2. The van der Waals surface area contributed by atoms with E-state index in [-0.39, 0.29) is 17.3 Å². The molecule has 1 fully saturated rings. The van der Waals surface area contributed by atoms with Crippen LogP contribution in [0.5, 0.6) is 0 Å². The summed E-state index contributed by atoms with van der Waals surface area (Å²) >= 11 is 0. The van der Waals surface area contributed by atoms with E-state index in [0.29, 0.717) is 19.0 Å². The van der Waals surface area contributed by atoms with E-state index < -0.39 is 11.7 Å². The second kappa shape index (κ2) is 9.62. The Balaban J connectivity index is 1.52. The van der Waals surface area contributed by atoms with Gasteiger partial charge in [-0.05, 0) is 68.6 Å². The minimum Gasteiger partial charge on any atom is -0.388 e. The molecule has 2 heterocycles. The molecule has 30 heavy (non-hydrogen) atoms. The van der Waals surface area contributed by atoms with Gasteiger partial charge in [-0.25, -0.2) is 4.98 Å². The zero-order valence-corrected chi connectivity index (χ0v) is 17.3. The van der Waals surface area contributed by atoms with Crippen molar-refractivity contribution in [3.63, 3.8) is 0 Å². The number of carbonyl (C=O) groups excluding carboxylic acids is 1. The molecule has 0 radical (unpaired) electrons. The summed E-state index contributed by atoms with van der Waals surface area (Å²) in [7, 11) is 0. The molecule has 164 valence electrons. The molecule has 0 saturated carbocycles. The Bertz CT molecular complexity index is 811. The molecular formula is C22H29F3N4O. The third-order valence-electron chi connectivity index (χ3n) is 6.02. The molecule has 1 saturated heterocycles. The van der Waals surface area contributed by atoms with Crippen LogP contribution in [0.1, 0.15) is 57.4 Å². The number of rotatable bonds is 7. The summed E-state index contributed by atoms with van der Waals surface area (Å²) in [6.45, 7) is 3.31. The summed E-state index contributed by atoms with van der Waals surface area (Å²) in [6.07, 6.45) is 3.27. The van der Waals surface area contributed by atoms with Gasteiger partial charge >= 0.3 is 6.18 Å². The SMILES string of the molecule is CC(=O)C(=N)C1=C(NCCC2CCN(c3ncccc3C(F)(F)F)CC2)CCCC1. The summed E-state index contributed by atoms with van der Waals surface area (Å²) in [5.41, 5.74) is 1.30. The van der Waals surface area contributed by atoms with E-state index in [2.05, 4.69) is 10.3 Å². The molecule has 2 aliphatic rings. The quantitative estimate of drug-likeness (QED) is 0.623. The van der Waals surface area contributed by atoms with Gasteiger partial charge in [0.15, 0.2) is 5.78 Å². The third kappa shape index (κ3) is 5.40.